The molecule has 2 aliphatic rings. The lowest BCUT2D eigenvalue weighted by Gasteiger charge is -2.29. The van der Waals surface area contributed by atoms with E-state index in [9.17, 15) is 18.0 Å². The van der Waals surface area contributed by atoms with Gasteiger partial charge in [-0.3, -0.25) is 9.78 Å². The summed E-state index contributed by atoms with van der Waals surface area (Å²) in [5.41, 5.74) is 2.05. The van der Waals surface area contributed by atoms with Gasteiger partial charge in [-0.15, -0.1) is 0 Å². The molecule has 7 heteroatoms. The highest BCUT2D eigenvalue weighted by atomic mass is 19.2. The van der Waals surface area contributed by atoms with E-state index >= 15 is 0 Å². The van der Waals surface area contributed by atoms with E-state index in [4.69, 9.17) is 0 Å². The molecule has 1 amide bonds. The molecule has 3 aromatic rings. The summed E-state index contributed by atoms with van der Waals surface area (Å²) in [6.45, 7) is 1.19. The summed E-state index contributed by atoms with van der Waals surface area (Å²) in [5, 5.41) is 0. The first-order valence-corrected chi connectivity index (χ1v) is 8.49. The molecule has 0 N–H and O–H groups in total. The Morgan fingerprint density at radius 3 is 2.50 bits per heavy atom. The maximum Gasteiger partial charge on any atom is 0.271 e. The van der Waals surface area contributed by atoms with Gasteiger partial charge in [0.2, 0.25) is 0 Å². The van der Waals surface area contributed by atoms with Crippen LogP contribution >= 0.6 is 0 Å². The monoisotopic (exact) mass is 357 g/mol. The van der Waals surface area contributed by atoms with Crippen molar-refractivity contribution >= 4 is 16.9 Å². The maximum atomic E-state index is 13.8. The topological polar surface area (TPSA) is 38.1 Å². The minimum atomic E-state index is -1.52. The van der Waals surface area contributed by atoms with Gasteiger partial charge in [0.15, 0.2) is 17.5 Å². The summed E-state index contributed by atoms with van der Waals surface area (Å²) in [4.78, 5) is 19.3. The summed E-state index contributed by atoms with van der Waals surface area (Å²) in [6, 6.07) is 5.66. The van der Waals surface area contributed by atoms with Crippen LogP contribution in [-0.4, -0.2) is 32.9 Å². The maximum absolute atomic E-state index is 13.8. The summed E-state index contributed by atoms with van der Waals surface area (Å²) in [5.74, 6) is -4.26. The summed E-state index contributed by atoms with van der Waals surface area (Å²) >= 11 is 0. The van der Waals surface area contributed by atoms with Crippen molar-refractivity contribution in [1.82, 2.24) is 14.5 Å². The number of benzene rings is 1. The molecule has 3 heterocycles. The highest BCUT2D eigenvalue weighted by Crippen LogP contribution is 2.39. The van der Waals surface area contributed by atoms with Gasteiger partial charge in [-0.25, -0.2) is 13.2 Å². The van der Waals surface area contributed by atoms with Crippen molar-refractivity contribution in [3.8, 4) is 11.1 Å². The summed E-state index contributed by atoms with van der Waals surface area (Å²) < 4.78 is 42.9. The van der Waals surface area contributed by atoms with Gasteiger partial charge >= 0.3 is 0 Å². The molecule has 1 aromatic carbocycles. The van der Waals surface area contributed by atoms with Crippen LogP contribution in [0.4, 0.5) is 13.2 Å². The van der Waals surface area contributed by atoms with E-state index in [1.54, 1.807) is 12.3 Å². The van der Waals surface area contributed by atoms with Gasteiger partial charge in [-0.2, -0.15) is 0 Å². The number of amides is 1. The molecule has 2 aromatic heterocycles. The van der Waals surface area contributed by atoms with Gasteiger partial charge in [0, 0.05) is 30.9 Å². The fraction of sp³-hybridized carbons (Fsp3) is 0.263. The molecule has 26 heavy (non-hydrogen) atoms. The van der Waals surface area contributed by atoms with E-state index in [1.807, 2.05) is 15.5 Å². The highest BCUT2D eigenvalue weighted by Gasteiger charge is 2.39. The van der Waals surface area contributed by atoms with Crippen molar-refractivity contribution in [2.75, 3.05) is 6.54 Å². The largest absolute Gasteiger partial charge is 0.333 e. The Bertz CT molecular complexity index is 1050. The number of hydrogen-bond acceptors (Lipinski definition) is 2. The van der Waals surface area contributed by atoms with Gasteiger partial charge in [0.05, 0.1) is 11.0 Å². The minimum Gasteiger partial charge on any atom is -0.333 e. The first kappa shape index (κ1) is 15.4. The highest BCUT2D eigenvalue weighted by molar-refractivity contribution is 6.09. The zero-order valence-electron chi connectivity index (χ0n) is 13.7. The molecule has 5 rings (SSSR count). The normalized spacial score (nSPS) is 17.0. The smallest absolute Gasteiger partial charge is 0.271 e. The Labute approximate surface area is 146 Å². The molecule has 0 unspecified atom stereocenters. The first-order valence-electron chi connectivity index (χ1n) is 8.49. The van der Waals surface area contributed by atoms with Gasteiger partial charge in [0.25, 0.3) is 5.91 Å². The fourth-order valence-electron chi connectivity index (χ4n) is 3.78. The molecule has 1 aliphatic heterocycles. The molecule has 0 bridgehead atoms. The third-order valence-electron chi connectivity index (χ3n) is 5.11. The standard InChI is InChI=1S/C19H14F3N3O/c20-12-8-10(9-13(21)16(12)22)15-17-14(2-1-5-23-17)25-7-6-24(11-3-4-11)19(26)18(15)25/h1-2,5,8-9,11H,3-4,6-7H2. The van der Waals surface area contributed by atoms with Crippen molar-refractivity contribution in [3.63, 3.8) is 0 Å². The van der Waals surface area contributed by atoms with Crippen LogP contribution in [0.2, 0.25) is 0 Å². The van der Waals surface area contributed by atoms with Crippen molar-refractivity contribution in [3.05, 3.63) is 53.6 Å². The molecule has 1 aliphatic carbocycles. The number of carbonyl (C=O) groups excluding carboxylic acids is 1. The lowest BCUT2D eigenvalue weighted by atomic mass is 10.0. The van der Waals surface area contributed by atoms with Crippen LogP contribution in [0.5, 0.6) is 0 Å². The van der Waals surface area contributed by atoms with Gasteiger partial charge < -0.3 is 9.47 Å². The Hall–Kier alpha value is -2.83. The van der Waals surface area contributed by atoms with E-state index in [0.29, 0.717) is 29.9 Å². The molecule has 4 nitrogen and oxygen atoms in total. The third kappa shape index (κ3) is 2.09. The fourth-order valence-corrected chi connectivity index (χ4v) is 3.78. The first-order chi connectivity index (χ1) is 12.6. The molecule has 0 radical (unpaired) electrons. The Morgan fingerprint density at radius 2 is 1.81 bits per heavy atom. The number of halogens is 3. The number of hydrogen-bond donors (Lipinski definition) is 0. The summed E-state index contributed by atoms with van der Waals surface area (Å²) in [6.07, 6.45) is 3.51. The lowest BCUT2D eigenvalue weighted by Crippen LogP contribution is -2.41. The van der Waals surface area contributed by atoms with Crippen molar-refractivity contribution in [2.45, 2.75) is 25.4 Å². The van der Waals surface area contributed by atoms with E-state index in [2.05, 4.69) is 4.98 Å². The third-order valence-corrected chi connectivity index (χ3v) is 5.11. The molecule has 0 spiro atoms. The number of rotatable bonds is 2. The predicted octanol–water partition coefficient (Wildman–Crippen LogP) is 3.74. The van der Waals surface area contributed by atoms with E-state index in [0.717, 1.165) is 30.5 Å². The zero-order valence-corrected chi connectivity index (χ0v) is 13.7. The summed E-state index contributed by atoms with van der Waals surface area (Å²) in [7, 11) is 0. The molecular weight excluding hydrogens is 343 g/mol. The second-order valence-corrected chi connectivity index (χ2v) is 6.73. The number of aromatic nitrogens is 2. The Morgan fingerprint density at radius 1 is 1.08 bits per heavy atom. The number of pyridine rings is 1. The lowest BCUT2D eigenvalue weighted by molar-refractivity contribution is 0.0694. The second-order valence-electron chi connectivity index (χ2n) is 6.73. The van der Waals surface area contributed by atoms with Crippen LogP contribution in [0.15, 0.2) is 30.5 Å². The van der Waals surface area contributed by atoms with Crippen LogP contribution < -0.4 is 0 Å². The van der Waals surface area contributed by atoms with Crippen LogP contribution in [0, 0.1) is 17.5 Å². The SMILES string of the molecule is O=C1c2c(-c3cc(F)c(F)c(F)c3)c3ncccc3n2CCN1C1CC1. The molecular formula is C19H14F3N3O. The van der Waals surface area contributed by atoms with Crippen LogP contribution in [0.3, 0.4) is 0 Å². The number of nitrogens with zero attached hydrogens (tertiary/aromatic N) is 3. The van der Waals surface area contributed by atoms with Gasteiger partial charge in [0.1, 0.15) is 5.69 Å². The van der Waals surface area contributed by atoms with E-state index in [-0.39, 0.29) is 17.5 Å². The minimum absolute atomic E-state index is 0.116. The van der Waals surface area contributed by atoms with Gasteiger partial charge in [-0.1, -0.05) is 0 Å². The predicted molar refractivity (Wildman–Crippen MR) is 89.1 cm³/mol. The quantitative estimate of drug-likeness (QED) is 0.656. The molecule has 132 valence electrons. The average molecular weight is 357 g/mol. The molecule has 1 saturated carbocycles. The molecule has 0 atom stereocenters. The van der Waals surface area contributed by atoms with Crippen molar-refractivity contribution < 1.29 is 18.0 Å². The number of fused-ring (bicyclic) bond motifs is 3. The Kier molecular flexibility index (Phi) is 3.16. The van der Waals surface area contributed by atoms with Crippen molar-refractivity contribution in [2.24, 2.45) is 0 Å². The van der Waals surface area contributed by atoms with Crippen molar-refractivity contribution in [1.29, 1.82) is 0 Å². The van der Waals surface area contributed by atoms with Crippen LogP contribution in [0.1, 0.15) is 23.3 Å². The van der Waals surface area contributed by atoms with Gasteiger partial charge in [-0.05, 0) is 42.7 Å². The van der Waals surface area contributed by atoms with Crippen LogP contribution in [-0.2, 0) is 6.54 Å². The zero-order chi connectivity index (χ0) is 18.0. The van der Waals surface area contributed by atoms with E-state index < -0.39 is 17.5 Å². The second kappa shape index (κ2) is 5.33. The molecule has 0 saturated heterocycles. The molecule has 1 fully saturated rings. The van der Waals surface area contributed by atoms with E-state index in [1.165, 1.54) is 0 Å². The Balaban J connectivity index is 1.81. The van der Waals surface area contributed by atoms with Crippen LogP contribution in [0.25, 0.3) is 22.2 Å². The number of carbonyl (C=O) groups is 1. The average Bonchev–Trinajstić information content (AvgIpc) is 3.41.